The van der Waals surface area contributed by atoms with Crippen LogP contribution in [-0.2, 0) is 16.0 Å². The highest BCUT2D eigenvalue weighted by molar-refractivity contribution is 5.86. The Morgan fingerprint density at radius 3 is 2.48 bits per heavy atom. The van der Waals surface area contributed by atoms with E-state index < -0.39 is 0 Å². The van der Waals surface area contributed by atoms with Gasteiger partial charge in [0.1, 0.15) is 0 Å². The number of hydrogen-bond donors (Lipinski definition) is 0. The van der Waals surface area contributed by atoms with Crippen molar-refractivity contribution in [3.05, 3.63) is 35.9 Å². The molecule has 2 aliphatic rings. The van der Waals surface area contributed by atoms with Crippen LogP contribution >= 0.6 is 0 Å². The van der Waals surface area contributed by atoms with Gasteiger partial charge in [0.05, 0.1) is 0 Å². The molecule has 0 bridgehead atoms. The second kappa shape index (κ2) is 8.50. The Bertz CT molecular complexity index is 579. The summed E-state index contributed by atoms with van der Waals surface area (Å²) in [6, 6.07) is 10.6. The van der Waals surface area contributed by atoms with Crippen LogP contribution in [0.1, 0.15) is 44.1 Å². The molecule has 0 saturated carbocycles. The van der Waals surface area contributed by atoms with E-state index in [1.807, 2.05) is 11.9 Å². The van der Waals surface area contributed by atoms with Crippen molar-refractivity contribution in [1.82, 2.24) is 9.80 Å². The molecule has 2 saturated heterocycles. The van der Waals surface area contributed by atoms with Gasteiger partial charge in [-0.05, 0) is 43.6 Å². The SMILES string of the molecule is CN1CCCCC(CC(=O)N2CCC(Cc3ccccc3)CC2)C1=O. The molecule has 4 heteroatoms. The van der Waals surface area contributed by atoms with Crippen molar-refractivity contribution in [3.8, 4) is 0 Å². The lowest BCUT2D eigenvalue weighted by Gasteiger charge is -2.33. The lowest BCUT2D eigenvalue weighted by Crippen LogP contribution is -2.41. The van der Waals surface area contributed by atoms with Crippen molar-refractivity contribution < 1.29 is 9.59 Å². The van der Waals surface area contributed by atoms with E-state index >= 15 is 0 Å². The lowest BCUT2D eigenvalue weighted by atomic mass is 9.89. The van der Waals surface area contributed by atoms with Crippen LogP contribution in [0.3, 0.4) is 0 Å². The number of nitrogens with zero attached hydrogens (tertiary/aromatic N) is 2. The van der Waals surface area contributed by atoms with Gasteiger partial charge in [-0.3, -0.25) is 9.59 Å². The summed E-state index contributed by atoms with van der Waals surface area (Å²) in [5, 5.41) is 0. The molecule has 1 unspecified atom stereocenters. The third-order valence-electron chi connectivity index (χ3n) is 5.78. The molecular weight excluding hydrogens is 312 g/mol. The molecule has 2 aliphatic heterocycles. The number of rotatable bonds is 4. The Morgan fingerprint density at radius 1 is 1.04 bits per heavy atom. The van der Waals surface area contributed by atoms with E-state index in [0.29, 0.717) is 12.3 Å². The van der Waals surface area contributed by atoms with Crippen molar-refractivity contribution in [2.24, 2.45) is 11.8 Å². The lowest BCUT2D eigenvalue weighted by molar-refractivity contribution is -0.140. The van der Waals surface area contributed by atoms with Crippen molar-refractivity contribution in [3.63, 3.8) is 0 Å². The zero-order valence-corrected chi connectivity index (χ0v) is 15.3. The largest absolute Gasteiger partial charge is 0.346 e. The Morgan fingerprint density at radius 2 is 1.76 bits per heavy atom. The summed E-state index contributed by atoms with van der Waals surface area (Å²) in [4.78, 5) is 28.8. The first-order chi connectivity index (χ1) is 12.1. The van der Waals surface area contributed by atoms with E-state index in [9.17, 15) is 9.59 Å². The predicted octanol–water partition coefficient (Wildman–Crippen LogP) is 3.12. The maximum absolute atomic E-state index is 12.7. The van der Waals surface area contributed by atoms with Crippen LogP contribution in [0, 0.1) is 11.8 Å². The van der Waals surface area contributed by atoms with Crippen molar-refractivity contribution in [1.29, 1.82) is 0 Å². The molecule has 2 fully saturated rings. The molecule has 0 spiro atoms. The Labute approximate surface area is 151 Å². The molecule has 1 aromatic carbocycles. The molecule has 0 aliphatic carbocycles. The van der Waals surface area contributed by atoms with Gasteiger partial charge in [0, 0.05) is 39.0 Å². The number of benzene rings is 1. The van der Waals surface area contributed by atoms with E-state index in [4.69, 9.17) is 0 Å². The van der Waals surface area contributed by atoms with Crippen LogP contribution in [-0.4, -0.2) is 48.3 Å². The number of likely N-dealkylation sites (tertiary alicyclic amines) is 2. The Hall–Kier alpha value is -1.84. The topological polar surface area (TPSA) is 40.6 Å². The van der Waals surface area contributed by atoms with Crippen LogP contribution in [0.15, 0.2) is 30.3 Å². The molecule has 25 heavy (non-hydrogen) atoms. The van der Waals surface area contributed by atoms with Gasteiger partial charge in [0.2, 0.25) is 11.8 Å². The third kappa shape index (κ3) is 4.83. The second-order valence-electron chi connectivity index (χ2n) is 7.67. The fraction of sp³-hybridized carbons (Fsp3) is 0.619. The minimum Gasteiger partial charge on any atom is -0.346 e. The van der Waals surface area contributed by atoms with Gasteiger partial charge < -0.3 is 9.80 Å². The first-order valence-corrected chi connectivity index (χ1v) is 9.70. The van der Waals surface area contributed by atoms with Gasteiger partial charge in [-0.25, -0.2) is 0 Å². The molecule has 2 heterocycles. The van der Waals surface area contributed by atoms with Gasteiger partial charge in [-0.2, -0.15) is 0 Å². The van der Waals surface area contributed by atoms with Crippen molar-refractivity contribution >= 4 is 11.8 Å². The summed E-state index contributed by atoms with van der Waals surface area (Å²) in [7, 11) is 1.86. The van der Waals surface area contributed by atoms with E-state index in [-0.39, 0.29) is 17.7 Å². The minimum atomic E-state index is -0.109. The third-order valence-corrected chi connectivity index (χ3v) is 5.78. The number of hydrogen-bond acceptors (Lipinski definition) is 2. The summed E-state index contributed by atoms with van der Waals surface area (Å²) in [5.41, 5.74) is 1.39. The molecule has 4 nitrogen and oxygen atoms in total. The molecule has 0 N–H and O–H groups in total. The quantitative estimate of drug-likeness (QED) is 0.843. The first kappa shape index (κ1) is 18.0. The smallest absolute Gasteiger partial charge is 0.225 e. The minimum absolute atomic E-state index is 0.109. The average molecular weight is 342 g/mol. The maximum Gasteiger partial charge on any atom is 0.225 e. The molecule has 3 rings (SSSR count). The summed E-state index contributed by atoms with van der Waals surface area (Å²) in [6.45, 7) is 2.51. The highest BCUT2D eigenvalue weighted by Crippen LogP contribution is 2.25. The molecule has 1 atom stereocenters. The monoisotopic (exact) mass is 342 g/mol. The molecule has 1 aromatic rings. The van der Waals surface area contributed by atoms with Crippen molar-refractivity contribution in [2.75, 3.05) is 26.7 Å². The first-order valence-electron chi connectivity index (χ1n) is 9.70. The van der Waals surface area contributed by atoms with Crippen molar-refractivity contribution in [2.45, 2.75) is 44.9 Å². The summed E-state index contributed by atoms with van der Waals surface area (Å²) < 4.78 is 0. The van der Waals surface area contributed by atoms with E-state index in [1.165, 1.54) is 5.56 Å². The van der Waals surface area contributed by atoms with Crippen LogP contribution in [0.4, 0.5) is 0 Å². The number of carbonyl (C=O) groups is 2. The summed E-state index contributed by atoms with van der Waals surface area (Å²) in [5.74, 6) is 0.885. The Kier molecular flexibility index (Phi) is 6.11. The van der Waals surface area contributed by atoms with Gasteiger partial charge in [-0.15, -0.1) is 0 Å². The zero-order valence-electron chi connectivity index (χ0n) is 15.3. The van der Waals surface area contributed by atoms with Crippen LogP contribution < -0.4 is 0 Å². The normalized spacial score (nSPS) is 22.8. The van der Waals surface area contributed by atoms with E-state index in [1.54, 1.807) is 4.90 Å². The van der Waals surface area contributed by atoms with Crippen LogP contribution in [0.2, 0.25) is 0 Å². The standard InChI is InChI=1S/C21H30N2O2/c1-22-12-6-5-9-19(21(22)25)16-20(24)23-13-10-18(11-14-23)15-17-7-3-2-4-8-17/h2-4,7-8,18-19H,5-6,9-16H2,1H3. The summed E-state index contributed by atoms with van der Waals surface area (Å²) in [6.07, 6.45) is 6.60. The number of piperidine rings is 1. The van der Waals surface area contributed by atoms with Gasteiger partial charge in [0.25, 0.3) is 0 Å². The number of carbonyl (C=O) groups excluding carboxylic acids is 2. The van der Waals surface area contributed by atoms with E-state index in [2.05, 4.69) is 30.3 Å². The van der Waals surface area contributed by atoms with Crippen LogP contribution in [0.5, 0.6) is 0 Å². The van der Waals surface area contributed by atoms with Crippen LogP contribution in [0.25, 0.3) is 0 Å². The van der Waals surface area contributed by atoms with E-state index in [0.717, 1.165) is 58.2 Å². The molecule has 0 radical (unpaired) electrons. The zero-order chi connectivity index (χ0) is 17.6. The molecule has 0 aromatic heterocycles. The number of amides is 2. The maximum atomic E-state index is 12.7. The molecule has 2 amide bonds. The summed E-state index contributed by atoms with van der Waals surface area (Å²) >= 11 is 0. The predicted molar refractivity (Wildman–Crippen MR) is 99.0 cm³/mol. The van der Waals surface area contributed by atoms with Gasteiger partial charge in [-0.1, -0.05) is 36.8 Å². The molecular formula is C21H30N2O2. The van der Waals surface area contributed by atoms with Gasteiger partial charge in [0.15, 0.2) is 0 Å². The van der Waals surface area contributed by atoms with Gasteiger partial charge >= 0.3 is 0 Å². The Balaban J connectivity index is 1.47. The fourth-order valence-corrected chi connectivity index (χ4v) is 4.15. The molecule has 136 valence electrons. The fourth-order valence-electron chi connectivity index (χ4n) is 4.15. The highest BCUT2D eigenvalue weighted by Gasteiger charge is 2.30. The average Bonchev–Trinajstić information content (AvgIpc) is 2.79. The highest BCUT2D eigenvalue weighted by atomic mass is 16.2. The second-order valence-corrected chi connectivity index (χ2v) is 7.67.